The van der Waals surface area contributed by atoms with Gasteiger partial charge in [-0.15, -0.1) is 0 Å². The number of nitrogens with one attached hydrogen (secondary N) is 2. The number of hydrogen-bond acceptors (Lipinski definition) is 7. The number of carbonyl (C=O) groups is 4. The van der Waals surface area contributed by atoms with E-state index < -0.39 is 48.0 Å². The largest absolute Gasteiger partial charge is 0.480 e. The van der Waals surface area contributed by atoms with E-state index in [1.54, 1.807) is 24.4 Å². The van der Waals surface area contributed by atoms with Crippen molar-refractivity contribution in [1.82, 2.24) is 15.6 Å². The zero-order valence-corrected chi connectivity index (χ0v) is 25.6. The highest BCUT2D eigenvalue weighted by atomic mass is 16.5. The van der Waals surface area contributed by atoms with Crippen LogP contribution >= 0.6 is 0 Å². The van der Waals surface area contributed by atoms with Crippen molar-refractivity contribution in [2.45, 2.75) is 129 Å². The van der Waals surface area contributed by atoms with E-state index in [1.807, 2.05) is 20.8 Å². The standard InChI is InChI=1S/C31H52N4O6/c1-6-8-9-10-11-12-13-16-22(4)26(41-31(40)28(32)21(3)7-2)20-27(36)35-25(19-24-17-14-15-18-33-24)29(37)34-23(5)30(38)39/h14-15,17-18,21-23,25-26,28H,6-13,16,19-20,32H2,1-5H3,(H,34,37)(H,35,36)(H,38,39)/t21-,22-,23-,25-,26-,28+/m0/s1. The molecule has 0 fully saturated rings. The lowest BCUT2D eigenvalue weighted by Crippen LogP contribution is -2.52. The summed E-state index contributed by atoms with van der Waals surface area (Å²) in [4.78, 5) is 54.6. The molecule has 0 spiro atoms. The van der Waals surface area contributed by atoms with Crippen LogP contribution in [0.3, 0.4) is 0 Å². The molecule has 2 amide bonds. The quantitative estimate of drug-likeness (QED) is 0.125. The fourth-order valence-electron chi connectivity index (χ4n) is 4.43. The van der Waals surface area contributed by atoms with E-state index in [2.05, 4.69) is 22.5 Å². The van der Waals surface area contributed by atoms with Crippen LogP contribution in [-0.2, 0) is 30.3 Å². The monoisotopic (exact) mass is 576 g/mol. The number of nitrogens with zero attached hydrogens (tertiary/aromatic N) is 1. The number of carbonyl (C=O) groups excluding carboxylic acids is 3. The molecule has 41 heavy (non-hydrogen) atoms. The molecule has 0 aliphatic carbocycles. The van der Waals surface area contributed by atoms with Crippen LogP contribution < -0.4 is 16.4 Å². The van der Waals surface area contributed by atoms with Gasteiger partial charge in [-0.2, -0.15) is 0 Å². The summed E-state index contributed by atoms with van der Waals surface area (Å²) >= 11 is 0. The molecule has 0 saturated carbocycles. The highest BCUT2D eigenvalue weighted by Crippen LogP contribution is 2.21. The van der Waals surface area contributed by atoms with E-state index in [0.29, 0.717) is 12.1 Å². The highest BCUT2D eigenvalue weighted by Gasteiger charge is 2.31. The number of carboxylic acids is 1. The number of carboxylic acid groups (broad SMARTS) is 1. The third kappa shape index (κ3) is 14.4. The molecule has 0 radical (unpaired) electrons. The molecule has 10 heteroatoms. The maximum absolute atomic E-state index is 13.3. The Labute approximate surface area is 245 Å². The summed E-state index contributed by atoms with van der Waals surface area (Å²) in [5, 5.41) is 14.4. The van der Waals surface area contributed by atoms with Gasteiger partial charge in [0.1, 0.15) is 24.2 Å². The second kappa shape index (κ2) is 20.0. The number of aliphatic carboxylic acids is 1. The SMILES string of the molecule is CCCCCCCCC[C@H](C)[C@H](CC(=O)N[C@@H](Cc1ccccn1)C(=O)N[C@@H](C)C(=O)O)OC(=O)[C@H](N)[C@@H](C)CC. The molecular formula is C31H52N4O6. The number of esters is 1. The summed E-state index contributed by atoms with van der Waals surface area (Å²) < 4.78 is 5.82. The first-order chi connectivity index (χ1) is 19.5. The molecule has 1 rings (SSSR count). The summed E-state index contributed by atoms with van der Waals surface area (Å²) in [5.74, 6) is -3.02. The topological polar surface area (TPSA) is 161 Å². The van der Waals surface area contributed by atoms with Crippen molar-refractivity contribution >= 4 is 23.8 Å². The summed E-state index contributed by atoms with van der Waals surface area (Å²) in [6.45, 7) is 9.33. The third-order valence-corrected chi connectivity index (χ3v) is 7.60. The van der Waals surface area contributed by atoms with E-state index in [1.165, 1.54) is 32.6 Å². The Morgan fingerprint density at radius 3 is 2.20 bits per heavy atom. The predicted octanol–water partition coefficient (Wildman–Crippen LogP) is 4.15. The van der Waals surface area contributed by atoms with Gasteiger partial charge >= 0.3 is 11.9 Å². The first kappa shape index (κ1) is 36.0. The van der Waals surface area contributed by atoms with E-state index in [4.69, 9.17) is 10.5 Å². The van der Waals surface area contributed by atoms with Gasteiger partial charge in [0.05, 0.1) is 6.42 Å². The molecule has 6 atom stereocenters. The molecule has 0 unspecified atom stereocenters. The molecule has 0 aliphatic heterocycles. The lowest BCUT2D eigenvalue weighted by molar-refractivity contribution is -0.156. The van der Waals surface area contributed by atoms with Crippen molar-refractivity contribution in [3.63, 3.8) is 0 Å². The minimum absolute atomic E-state index is 0.0711. The van der Waals surface area contributed by atoms with Crippen LogP contribution in [0, 0.1) is 11.8 Å². The van der Waals surface area contributed by atoms with Gasteiger partial charge in [0.25, 0.3) is 0 Å². The maximum Gasteiger partial charge on any atom is 0.325 e. The van der Waals surface area contributed by atoms with Crippen molar-refractivity contribution in [3.8, 4) is 0 Å². The van der Waals surface area contributed by atoms with E-state index in [-0.39, 0.29) is 24.7 Å². The molecule has 0 saturated heterocycles. The number of nitrogens with two attached hydrogens (primary N) is 1. The van der Waals surface area contributed by atoms with Gasteiger partial charge in [-0.05, 0) is 37.3 Å². The van der Waals surface area contributed by atoms with Crippen molar-refractivity contribution in [3.05, 3.63) is 30.1 Å². The van der Waals surface area contributed by atoms with Crippen LogP contribution in [0.4, 0.5) is 0 Å². The minimum Gasteiger partial charge on any atom is -0.480 e. The predicted molar refractivity (Wildman–Crippen MR) is 159 cm³/mol. The fraction of sp³-hybridized carbons (Fsp3) is 0.710. The fourth-order valence-corrected chi connectivity index (χ4v) is 4.43. The van der Waals surface area contributed by atoms with Gasteiger partial charge in [0, 0.05) is 18.3 Å². The van der Waals surface area contributed by atoms with Crippen molar-refractivity contribution in [2.24, 2.45) is 17.6 Å². The van der Waals surface area contributed by atoms with Crippen LogP contribution in [0.25, 0.3) is 0 Å². The molecule has 1 aromatic rings. The summed E-state index contributed by atoms with van der Waals surface area (Å²) in [6.07, 6.45) is 10.4. The van der Waals surface area contributed by atoms with Crippen molar-refractivity contribution in [1.29, 1.82) is 0 Å². The first-order valence-electron chi connectivity index (χ1n) is 15.2. The summed E-state index contributed by atoms with van der Waals surface area (Å²) in [7, 11) is 0. The number of ether oxygens (including phenoxy) is 1. The Morgan fingerprint density at radius 2 is 1.61 bits per heavy atom. The van der Waals surface area contributed by atoms with Gasteiger partial charge < -0.3 is 26.2 Å². The molecular weight excluding hydrogens is 524 g/mol. The molecule has 5 N–H and O–H groups in total. The maximum atomic E-state index is 13.3. The molecule has 0 bridgehead atoms. The number of pyridine rings is 1. The summed E-state index contributed by atoms with van der Waals surface area (Å²) in [5.41, 5.74) is 6.69. The number of rotatable bonds is 21. The third-order valence-electron chi connectivity index (χ3n) is 7.60. The van der Waals surface area contributed by atoms with Gasteiger partial charge in [0.2, 0.25) is 11.8 Å². The van der Waals surface area contributed by atoms with Crippen molar-refractivity contribution < 1.29 is 29.0 Å². The number of amides is 2. The van der Waals surface area contributed by atoms with Crippen LogP contribution in [-0.4, -0.2) is 58.1 Å². The zero-order valence-electron chi connectivity index (χ0n) is 25.6. The van der Waals surface area contributed by atoms with E-state index in [0.717, 1.165) is 25.7 Å². The van der Waals surface area contributed by atoms with E-state index >= 15 is 0 Å². The Bertz CT molecular complexity index is 928. The Balaban J connectivity index is 2.96. The lowest BCUT2D eigenvalue weighted by atomic mass is 9.93. The first-order valence-corrected chi connectivity index (χ1v) is 15.2. The number of hydrogen-bond donors (Lipinski definition) is 4. The Morgan fingerprint density at radius 1 is 0.951 bits per heavy atom. The van der Waals surface area contributed by atoms with Crippen LogP contribution in [0.15, 0.2) is 24.4 Å². The zero-order chi connectivity index (χ0) is 30.8. The molecule has 232 valence electrons. The number of aromatic nitrogens is 1. The molecule has 10 nitrogen and oxygen atoms in total. The average Bonchev–Trinajstić information content (AvgIpc) is 2.95. The van der Waals surface area contributed by atoms with Crippen LogP contribution in [0.2, 0.25) is 0 Å². The van der Waals surface area contributed by atoms with Crippen molar-refractivity contribution in [2.75, 3.05) is 0 Å². The Kier molecular flexibility index (Phi) is 17.5. The minimum atomic E-state index is -1.19. The summed E-state index contributed by atoms with van der Waals surface area (Å²) in [6, 6.07) is 2.23. The van der Waals surface area contributed by atoms with Gasteiger partial charge in [0.15, 0.2) is 0 Å². The molecule has 0 aliphatic rings. The van der Waals surface area contributed by atoms with E-state index in [9.17, 15) is 24.3 Å². The average molecular weight is 577 g/mol. The smallest absolute Gasteiger partial charge is 0.325 e. The van der Waals surface area contributed by atoms with Gasteiger partial charge in [-0.1, -0.05) is 85.1 Å². The Hall–Kier alpha value is -3.01. The van der Waals surface area contributed by atoms with Gasteiger partial charge in [-0.25, -0.2) is 0 Å². The normalized spacial score (nSPS) is 15.6. The van der Waals surface area contributed by atoms with Crippen LogP contribution in [0.1, 0.15) is 105 Å². The van der Waals surface area contributed by atoms with Crippen LogP contribution in [0.5, 0.6) is 0 Å². The lowest BCUT2D eigenvalue weighted by Gasteiger charge is -2.27. The molecule has 0 aromatic carbocycles. The van der Waals surface area contributed by atoms with Gasteiger partial charge in [-0.3, -0.25) is 24.2 Å². The molecule has 1 heterocycles. The molecule has 1 aromatic heterocycles. The second-order valence-electron chi connectivity index (χ2n) is 11.2. The second-order valence-corrected chi connectivity index (χ2v) is 11.2. The highest BCUT2D eigenvalue weighted by molar-refractivity contribution is 5.90. The number of unbranched alkanes of at least 4 members (excludes halogenated alkanes) is 6.